The largest absolute Gasteiger partial charge is 0.452 e. The summed E-state index contributed by atoms with van der Waals surface area (Å²) in [5.41, 5.74) is -0.444. The Morgan fingerprint density at radius 3 is 2.73 bits per heavy atom. The van der Waals surface area contributed by atoms with E-state index in [1.54, 1.807) is 0 Å². The molecule has 0 aliphatic carbocycles. The molecule has 0 unspecified atom stereocenters. The Morgan fingerprint density at radius 2 is 2.14 bits per heavy atom. The molecule has 0 aromatic heterocycles. The Hall–Kier alpha value is -1.67. The zero-order valence-electron chi connectivity index (χ0n) is 11.3. The van der Waals surface area contributed by atoms with Crippen LogP contribution < -0.4 is 5.32 Å². The summed E-state index contributed by atoms with van der Waals surface area (Å²) >= 11 is 5.70. The van der Waals surface area contributed by atoms with Crippen LogP contribution in [0.3, 0.4) is 0 Å². The van der Waals surface area contributed by atoms with Crippen LogP contribution in [0.4, 0.5) is 4.39 Å². The van der Waals surface area contributed by atoms with Crippen molar-refractivity contribution >= 4 is 33.3 Å². The molecule has 2 rings (SSSR count). The Balaban J connectivity index is 1.88. The number of carbonyl (C=O) groups is 2. The summed E-state index contributed by atoms with van der Waals surface area (Å²) in [6.07, 6.45) is 0.321. The van der Waals surface area contributed by atoms with Crippen LogP contribution in [-0.2, 0) is 19.4 Å². The van der Waals surface area contributed by atoms with Crippen LogP contribution in [0.1, 0.15) is 16.8 Å². The zero-order valence-corrected chi connectivity index (χ0v) is 12.9. The van der Waals surface area contributed by atoms with Gasteiger partial charge < -0.3 is 10.1 Å². The van der Waals surface area contributed by atoms with Gasteiger partial charge in [-0.2, -0.15) is 0 Å². The molecule has 1 aromatic carbocycles. The van der Waals surface area contributed by atoms with Gasteiger partial charge in [0.05, 0.1) is 16.5 Å². The van der Waals surface area contributed by atoms with Gasteiger partial charge >= 0.3 is 5.97 Å². The smallest absolute Gasteiger partial charge is 0.343 e. The summed E-state index contributed by atoms with van der Waals surface area (Å²) in [7, 11) is -3.12. The fraction of sp³-hybridized carbons (Fsp3) is 0.385. The van der Waals surface area contributed by atoms with Gasteiger partial charge in [-0.1, -0.05) is 17.7 Å². The van der Waals surface area contributed by atoms with Gasteiger partial charge in [-0.3, -0.25) is 4.79 Å². The second-order valence-electron chi connectivity index (χ2n) is 4.84. The lowest BCUT2D eigenvalue weighted by molar-refractivity contribution is -0.124. The van der Waals surface area contributed by atoms with E-state index < -0.39 is 45.7 Å². The molecule has 1 amide bonds. The van der Waals surface area contributed by atoms with Crippen molar-refractivity contribution in [2.45, 2.75) is 12.5 Å². The third-order valence-corrected chi connectivity index (χ3v) is 5.18. The number of carbonyl (C=O) groups excluding carboxylic acids is 2. The van der Waals surface area contributed by atoms with E-state index in [1.807, 2.05) is 0 Å². The molecular formula is C13H13ClFNO5S. The first kappa shape index (κ1) is 16.7. The van der Waals surface area contributed by atoms with E-state index in [1.165, 1.54) is 12.1 Å². The number of hydrogen-bond acceptors (Lipinski definition) is 5. The molecule has 120 valence electrons. The van der Waals surface area contributed by atoms with E-state index in [0.717, 1.165) is 6.07 Å². The third-order valence-electron chi connectivity index (χ3n) is 3.10. The average molecular weight is 350 g/mol. The zero-order chi connectivity index (χ0) is 16.3. The van der Waals surface area contributed by atoms with Crippen LogP contribution in [0.2, 0.25) is 5.02 Å². The van der Waals surface area contributed by atoms with Gasteiger partial charge in [0.15, 0.2) is 16.4 Å². The highest BCUT2D eigenvalue weighted by Crippen LogP contribution is 2.19. The molecule has 1 atom stereocenters. The second-order valence-corrected chi connectivity index (χ2v) is 7.48. The molecule has 0 bridgehead atoms. The third kappa shape index (κ3) is 4.17. The molecular weight excluding hydrogens is 337 g/mol. The summed E-state index contributed by atoms with van der Waals surface area (Å²) in [4.78, 5) is 23.3. The van der Waals surface area contributed by atoms with E-state index in [4.69, 9.17) is 11.6 Å². The van der Waals surface area contributed by atoms with E-state index >= 15 is 0 Å². The van der Waals surface area contributed by atoms with Crippen molar-refractivity contribution in [1.82, 2.24) is 5.32 Å². The number of benzene rings is 1. The van der Waals surface area contributed by atoms with E-state index in [0.29, 0.717) is 6.42 Å². The molecule has 0 spiro atoms. The summed E-state index contributed by atoms with van der Waals surface area (Å²) in [6, 6.07) is 3.21. The van der Waals surface area contributed by atoms with Crippen molar-refractivity contribution in [3.63, 3.8) is 0 Å². The Labute approximate surface area is 131 Å². The van der Waals surface area contributed by atoms with Crippen molar-refractivity contribution in [3.8, 4) is 0 Å². The minimum atomic E-state index is -3.12. The average Bonchev–Trinajstić information content (AvgIpc) is 2.75. The predicted octanol–water partition coefficient (Wildman–Crippen LogP) is 0.939. The number of rotatable bonds is 4. The molecule has 1 aromatic rings. The van der Waals surface area contributed by atoms with Crippen molar-refractivity contribution < 1.29 is 27.1 Å². The maximum absolute atomic E-state index is 13.5. The maximum Gasteiger partial charge on any atom is 0.343 e. The SMILES string of the molecule is O=C(COC(=O)c1c(F)cccc1Cl)N[C@@H]1CCS(=O)(=O)C1. The fourth-order valence-electron chi connectivity index (χ4n) is 2.07. The predicted molar refractivity (Wildman–Crippen MR) is 76.9 cm³/mol. The highest BCUT2D eigenvalue weighted by atomic mass is 35.5. The molecule has 1 saturated heterocycles. The lowest BCUT2D eigenvalue weighted by Gasteiger charge is -2.11. The minimum Gasteiger partial charge on any atom is -0.452 e. The van der Waals surface area contributed by atoms with Crippen molar-refractivity contribution in [2.75, 3.05) is 18.1 Å². The van der Waals surface area contributed by atoms with Crippen molar-refractivity contribution in [3.05, 3.63) is 34.6 Å². The van der Waals surface area contributed by atoms with Crippen LogP contribution in [0.15, 0.2) is 18.2 Å². The fourth-order valence-corrected chi connectivity index (χ4v) is 3.99. The first-order valence-corrected chi connectivity index (χ1v) is 8.59. The molecule has 6 nitrogen and oxygen atoms in total. The quantitative estimate of drug-likeness (QED) is 0.817. The molecule has 22 heavy (non-hydrogen) atoms. The molecule has 1 N–H and O–H groups in total. The number of amides is 1. The second kappa shape index (κ2) is 6.62. The monoisotopic (exact) mass is 349 g/mol. The highest BCUT2D eigenvalue weighted by Gasteiger charge is 2.29. The topological polar surface area (TPSA) is 89.5 Å². The Morgan fingerprint density at radius 1 is 1.41 bits per heavy atom. The minimum absolute atomic E-state index is 0.0164. The van der Waals surface area contributed by atoms with Gasteiger partial charge in [-0.05, 0) is 18.6 Å². The van der Waals surface area contributed by atoms with Gasteiger partial charge in [0.2, 0.25) is 0 Å². The summed E-state index contributed by atoms with van der Waals surface area (Å²) < 4.78 is 40.7. The summed E-state index contributed by atoms with van der Waals surface area (Å²) in [6.45, 7) is -0.639. The standard InChI is InChI=1S/C13H13ClFNO5S/c14-9-2-1-3-10(15)12(9)13(18)21-6-11(17)16-8-4-5-22(19,20)7-8/h1-3,8H,4-7H2,(H,16,17)/t8-/m1/s1. The number of nitrogens with one attached hydrogen (secondary N) is 1. The molecule has 1 heterocycles. The van der Waals surface area contributed by atoms with Crippen LogP contribution in [0.5, 0.6) is 0 Å². The lowest BCUT2D eigenvalue weighted by atomic mass is 10.2. The van der Waals surface area contributed by atoms with Gasteiger partial charge in [-0.15, -0.1) is 0 Å². The molecule has 1 aliphatic heterocycles. The molecule has 0 saturated carbocycles. The van der Waals surface area contributed by atoms with E-state index in [9.17, 15) is 22.4 Å². The highest BCUT2D eigenvalue weighted by molar-refractivity contribution is 7.91. The molecule has 1 fully saturated rings. The number of hydrogen-bond donors (Lipinski definition) is 1. The van der Waals surface area contributed by atoms with Gasteiger partial charge in [-0.25, -0.2) is 17.6 Å². The van der Waals surface area contributed by atoms with E-state index in [2.05, 4.69) is 10.1 Å². The molecule has 1 aliphatic rings. The lowest BCUT2D eigenvalue weighted by Crippen LogP contribution is -2.38. The van der Waals surface area contributed by atoms with Crippen molar-refractivity contribution in [1.29, 1.82) is 0 Å². The number of ether oxygens (including phenoxy) is 1. The van der Waals surface area contributed by atoms with Crippen molar-refractivity contribution in [2.24, 2.45) is 0 Å². The summed E-state index contributed by atoms with van der Waals surface area (Å²) in [5, 5.41) is 2.33. The number of halogens is 2. The van der Waals surface area contributed by atoms with Gasteiger partial charge in [0.25, 0.3) is 5.91 Å². The van der Waals surface area contributed by atoms with E-state index in [-0.39, 0.29) is 16.5 Å². The first-order valence-electron chi connectivity index (χ1n) is 6.39. The summed E-state index contributed by atoms with van der Waals surface area (Å²) in [5.74, 6) is -2.67. The molecule has 0 radical (unpaired) electrons. The number of sulfone groups is 1. The Kier molecular flexibility index (Phi) is 5.02. The van der Waals surface area contributed by atoms with Gasteiger partial charge in [0, 0.05) is 6.04 Å². The Bertz CT molecular complexity index is 686. The number of esters is 1. The first-order chi connectivity index (χ1) is 10.3. The normalized spacial score (nSPS) is 19.6. The van der Waals surface area contributed by atoms with Crippen LogP contribution >= 0.6 is 11.6 Å². The maximum atomic E-state index is 13.5. The van der Waals surface area contributed by atoms with Crippen LogP contribution in [0, 0.1) is 5.82 Å². The molecule has 9 heteroatoms. The van der Waals surface area contributed by atoms with Gasteiger partial charge in [0.1, 0.15) is 11.4 Å². The van der Waals surface area contributed by atoms with Crippen LogP contribution in [-0.4, -0.2) is 44.4 Å². The van der Waals surface area contributed by atoms with Crippen LogP contribution in [0.25, 0.3) is 0 Å².